The van der Waals surface area contributed by atoms with Crippen molar-refractivity contribution in [1.82, 2.24) is 10.2 Å². The Morgan fingerprint density at radius 2 is 2.16 bits per heavy atom. The zero-order chi connectivity index (χ0) is 13.7. The molecule has 108 valence electrons. The Labute approximate surface area is 117 Å². The molecule has 2 aliphatic carbocycles. The summed E-state index contributed by atoms with van der Waals surface area (Å²) in [5, 5.41) is 2.98. The molecule has 3 aliphatic rings. The molecule has 3 rings (SSSR count). The normalized spacial score (nSPS) is 28.6. The van der Waals surface area contributed by atoms with E-state index in [0.717, 1.165) is 37.9 Å². The predicted octanol–water partition coefficient (Wildman–Crippen LogP) is 1.80. The van der Waals surface area contributed by atoms with Crippen LogP contribution in [0.2, 0.25) is 0 Å². The number of hydrogen-bond donors (Lipinski definition) is 1. The number of carbonyl (C=O) groups excluding carboxylic acids is 1. The Balaban J connectivity index is 0.000000639. The van der Waals surface area contributed by atoms with Gasteiger partial charge >= 0.3 is 0 Å². The van der Waals surface area contributed by atoms with E-state index in [1.807, 2.05) is 19.9 Å². The Hall–Kier alpha value is -1.13. The maximum atomic E-state index is 11.8. The second-order valence-corrected chi connectivity index (χ2v) is 4.98. The average molecular weight is 266 g/mol. The van der Waals surface area contributed by atoms with Gasteiger partial charge in [0.15, 0.2) is 0 Å². The number of amides is 1. The van der Waals surface area contributed by atoms with Gasteiger partial charge in [0.2, 0.25) is 5.91 Å². The number of ether oxygens (including phenoxy) is 1. The Bertz CT molecular complexity index is 376. The van der Waals surface area contributed by atoms with Gasteiger partial charge in [-0.2, -0.15) is 0 Å². The molecule has 2 unspecified atom stereocenters. The summed E-state index contributed by atoms with van der Waals surface area (Å²) in [6.45, 7) is 7.65. The van der Waals surface area contributed by atoms with Gasteiger partial charge in [-0.05, 0) is 24.3 Å². The molecule has 1 heterocycles. The second-order valence-electron chi connectivity index (χ2n) is 4.98. The van der Waals surface area contributed by atoms with Gasteiger partial charge in [0.25, 0.3) is 0 Å². The number of carbonyl (C=O) groups is 1. The van der Waals surface area contributed by atoms with Crippen molar-refractivity contribution in [3.8, 4) is 0 Å². The number of hydrogen-bond acceptors (Lipinski definition) is 3. The van der Waals surface area contributed by atoms with E-state index in [2.05, 4.69) is 22.4 Å². The van der Waals surface area contributed by atoms with Crippen molar-refractivity contribution >= 4 is 5.91 Å². The van der Waals surface area contributed by atoms with Gasteiger partial charge in [0.1, 0.15) is 0 Å². The van der Waals surface area contributed by atoms with Crippen LogP contribution in [0.4, 0.5) is 0 Å². The minimum atomic E-state index is 0. The summed E-state index contributed by atoms with van der Waals surface area (Å²) < 4.78 is 5.25. The molecule has 0 aromatic rings. The summed E-state index contributed by atoms with van der Waals surface area (Å²) in [7, 11) is 0. The van der Waals surface area contributed by atoms with Crippen molar-refractivity contribution in [1.29, 1.82) is 0 Å². The summed E-state index contributed by atoms with van der Waals surface area (Å²) >= 11 is 0. The van der Waals surface area contributed by atoms with Crippen molar-refractivity contribution in [2.45, 2.75) is 20.3 Å². The molecule has 2 fully saturated rings. The zero-order valence-electron chi connectivity index (χ0n) is 11.9. The molecule has 0 aromatic heterocycles. The van der Waals surface area contributed by atoms with Crippen LogP contribution in [0.1, 0.15) is 21.7 Å². The predicted molar refractivity (Wildman–Crippen MR) is 77.7 cm³/mol. The third-order valence-corrected chi connectivity index (χ3v) is 3.56. The third-order valence-electron chi connectivity index (χ3n) is 3.56. The molecule has 1 aliphatic heterocycles. The van der Waals surface area contributed by atoms with Crippen LogP contribution in [-0.2, 0) is 9.53 Å². The maximum absolute atomic E-state index is 11.8. The van der Waals surface area contributed by atoms with Gasteiger partial charge < -0.3 is 10.1 Å². The first kappa shape index (κ1) is 14.3. The average Bonchev–Trinajstić information content (AvgIpc) is 3.20. The summed E-state index contributed by atoms with van der Waals surface area (Å²) in [5.41, 5.74) is 0.974. The highest BCUT2D eigenvalue weighted by Gasteiger charge is 2.35. The van der Waals surface area contributed by atoms with E-state index in [-0.39, 0.29) is 7.33 Å². The lowest BCUT2D eigenvalue weighted by molar-refractivity contribution is -0.122. The summed E-state index contributed by atoms with van der Waals surface area (Å²) in [6, 6.07) is 0. The van der Waals surface area contributed by atoms with Crippen LogP contribution >= 0.6 is 0 Å². The van der Waals surface area contributed by atoms with Gasteiger partial charge in [0, 0.05) is 20.2 Å². The summed E-state index contributed by atoms with van der Waals surface area (Å²) in [6.07, 6.45) is 7.67. The van der Waals surface area contributed by atoms with Crippen molar-refractivity contribution < 1.29 is 11.0 Å². The Morgan fingerprint density at radius 1 is 1.42 bits per heavy atom. The number of morpholine rings is 1. The van der Waals surface area contributed by atoms with Crippen molar-refractivity contribution in [3.63, 3.8) is 0 Å². The van der Waals surface area contributed by atoms with Crippen LogP contribution in [0, 0.1) is 11.8 Å². The molecule has 0 radical (unpaired) electrons. The number of nitrogens with one attached hydrogen (secondary N) is 1. The van der Waals surface area contributed by atoms with Crippen LogP contribution in [0.3, 0.4) is 0 Å². The molecular formula is C15H26N2O2. The second kappa shape index (κ2) is 6.87. The first-order valence-corrected chi connectivity index (χ1v) is 7.31. The largest absolute Gasteiger partial charge is 0.379 e. The molecule has 1 saturated heterocycles. The first-order valence-electron chi connectivity index (χ1n) is 7.31. The molecule has 2 atom stereocenters. The quantitative estimate of drug-likeness (QED) is 0.847. The van der Waals surface area contributed by atoms with Crippen LogP contribution < -0.4 is 5.32 Å². The number of nitrogens with zero attached hydrogens (tertiary/aromatic N) is 1. The fourth-order valence-corrected chi connectivity index (χ4v) is 2.41. The van der Waals surface area contributed by atoms with Gasteiger partial charge in [-0.3, -0.25) is 9.69 Å². The van der Waals surface area contributed by atoms with Gasteiger partial charge in [-0.25, -0.2) is 0 Å². The minimum Gasteiger partial charge on any atom is -0.379 e. The van der Waals surface area contributed by atoms with Crippen LogP contribution in [0.5, 0.6) is 0 Å². The fraction of sp³-hybridized carbons (Fsp3) is 0.667. The molecule has 19 heavy (non-hydrogen) atoms. The van der Waals surface area contributed by atoms with E-state index in [9.17, 15) is 4.79 Å². The molecule has 1 amide bonds. The zero-order valence-corrected chi connectivity index (χ0v) is 11.9. The molecule has 1 N–H and O–H groups in total. The molecule has 0 aromatic carbocycles. The molecule has 4 nitrogen and oxygen atoms in total. The summed E-state index contributed by atoms with van der Waals surface area (Å²) in [5.74, 6) is 1.51. The van der Waals surface area contributed by atoms with Gasteiger partial charge in [-0.15, -0.1) is 0 Å². The molecule has 0 spiro atoms. The standard InChI is InChI=1S/C13H18N2O2.C2H6.H2/c16-13(9-15-3-5-17-6-4-15)14-12-2-1-10-7-11(10)8-12;1-2;/h1-2,8,10-11H,3-7,9H2,(H,14,16);1-2H3;1H. The molecular weight excluding hydrogens is 240 g/mol. The lowest BCUT2D eigenvalue weighted by Gasteiger charge is -2.25. The van der Waals surface area contributed by atoms with Gasteiger partial charge in [0.05, 0.1) is 19.8 Å². The smallest absolute Gasteiger partial charge is 0.238 e. The highest BCUT2D eigenvalue weighted by atomic mass is 16.5. The minimum absolute atomic E-state index is 0. The van der Waals surface area contributed by atoms with Crippen LogP contribution in [-0.4, -0.2) is 43.7 Å². The van der Waals surface area contributed by atoms with Gasteiger partial charge in [-0.1, -0.05) is 26.0 Å². The Morgan fingerprint density at radius 3 is 2.84 bits per heavy atom. The van der Waals surface area contributed by atoms with E-state index in [1.54, 1.807) is 0 Å². The molecule has 4 heteroatoms. The highest BCUT2D eigenvalue weighted by molar-refractivity contribution is 5.80. The van der Waals surface area contributed by atoms with E-state index >= 15 is 0 Å². The van der Waals surface area contributed by atoms with E-state index in [1.165, 1.54) is 6.42 Å². The van der Waals surface area contributed by atoms with E-state index < -0.39 is 0 Å². The topological polar surface area (TPSA) is 41.6 Å². The maximum Gasteiger partial charge on any atom is 0.238 e. The highest BCUT2D eigenvalue weighted by Crippen LogP contribution is 2.43. The number of fused-ring (bicyclic) bond motifs is 1. The SMILES string of the molecule is CC.O=C(CN1CCOCC1)NC1=CC2CC2C=C1.[HH]. The molecule has 0 bridgehead atoms. The lowest BCUT2D eigenvalue weighted by Crippen LogP contribution is -2.42. The first-order chi connectivity index (χ1) is 9.31. The van der Waals surface area contributed by atoms with Crippen molar-refractivity contribution in [2.75, 3.05) is 32.8 Å². The summed E-state index contributed by atoms with van der Waals surface area (Å²) in [4.78, 5) is 14.0. The van der Waals surface area contributed by atoms with E-state index in [4.69, 9.17) is 4.74 Å². The molecule has 1 saturated carbocycles. The number of allylic oxidation sites excluding steroid dienone is 3. The van der Waals surface area contributed by atoms with E-state index in [0.29, 0.717) is 12.5 Å². The van der Waals surface area contributed by atoms with Crippen molar-refractivity contribution in [3.05, 3.63) is 23.9 Å². The van der Waals surface area contributed by atoms with Crippen molar-refractivity contribution in [2.24, 2.45) is 11.8 Å². The van der Waals surface area contributed by atoms with Crippen LogP contribution in [0.15, 0.2) is 23.9 Å². The monoisotopic (exact) mass is 266 g/mol. The Kier molecular flexibility index (Phi) is 5.16. The third kappa shape index (κ3) is 4.18. The fourth-order valence-electron chi connectivity index (χ4n) is 2.41. The van der Waals surface area contributed by atoms with Crippen LogP contribution in [0.25, 0.3) is 0 Å². The lowest BCUT2D eigenvalue weighted by atomic mass is 10.1. The number of rotatable bonds is 3.